The number of phenols is 1. The summed E-state index contributed by atoms with van der Waals surface area (Å²) in [6.45, 7) is 16.0. The van der Waals surface area contributed by atoms with Crippen LogP contribution in [0.25, 0.3) is 31.6 Å². The highest BCUT2D eigenvalue weighted by atomic mass is 32.1. The summed E-state index contributed by atoms with van der Waals surface area (Å²) in [4.78, 5) is 50.7. The average Bonchev–Trinajstić information content (AvgIpc) is 3.45. The zero-order valence-corrected chi connectivity index (χ0v) is 34.3. The summed E-state index contributed by atoms with van der Waals surface area (Å²) in [6, 6.07) is 5.91. The van der Waals surface area contributed by atoms with Gasteiger partial charge in [-0.2, -0.15) is 0 Å². The lowest BCUT2D eigenvalue weighted by Gasteiger charge is -2.29. The molecule has 6 aliphatic rings. The fourth-order valence-corrected chi connectivity index (χ4v) is 9.51. The number of carbonyl (C=O) groups excluding carboxylic acids is 2. The standard InChI is InChI=1S/C44H52N4O8S/c1-22-9-8-10-24(3)43(54)47-36-39(52)33-32(35-41(36)57-31-21-28(11-12-29(31)46-35)48-16-14-45-15-17-48)34-40(27(6)38(33)51)56-44(7,42(34)53)55-18-13-30(49)26(5)37(50)25(4)20-23(2)19-22/h8-13,18,21-23,25-26,30,37,45,49-51H,14-17,19-20H2,1-7H3,(H,47,54)/b9-8+,18-13+,24-10-/t22-,23+,25+,26+,30-,37-,44-/m0/s1. The molecule has 0 aromatic heterocycles. The molecule has 12 nitrogen and oxygen atoms in total. The zero-order chi connectivity index (χ0) is 40.9. The molecule has 5 heterocycles. The largest absolute Gasteiger partial charge is 0.507 e. The number of fused-ring (bicyclic) bond motifs is 14. The van der Waals surface area contributed by atoms with Gasteiger partial charge >= 0.3 is 5.79 Å². The zero-order valence-electron chi connectivity index (χ0n) is 33.5. The number of aromatic hydroxyl groups is 1. The van der Waals surface area contributed by atoms with Crippen molar-refractivity contribution in [2.75, 3.05) is 36.4 Å². The first-order valence-electron chi connectivity index (χ1n) is 19.8. The van der Waals surface area contributed by atoms with E-state index in [9.17, 15) is 29.7 Å². The van der Waals surface area contributed by atoms with Gasteiger partial charge in [-0.1, -0.05) is 45.9 Å². The molecule has 0 unspecified atom stereocenters. The minimum atomic E-state index is -1.94. The Kier molecular flexibility index (Phi) is 11.2. The van der Waals surface area contributed by atoms with Gasteiger partial charge < -0.3 is 40.3 Å². The number of carbonyl (C=O) groups is 2. The molecular weight excluding hydrogens is 745 g/mol. The molecule has 1 fully saturated rings. The molecule has 2 aromatic carbocycles. The number of nitrogens with one attached hydrogen (secondary N) is 2. The number of nitrogens with zero attached hydrogens (tertiary/aromatic N) is 2. The first-order chi connectivity index (χ1) is 27.1. The van der Waals surface area contributed by atoms with Gasteiger partial charge in [0.1, 0.15) is 17.2 Å². The van der Waals surface area contributed by atoms with E-state index in [1.54, 1.807) is 26.8 Å². The van der Waals surface area contributed by atoms with Gasteiger partial charge in [0.05, 0.1) is 50.2 Å². The maximum absolute atomic E-state index is 14.7. The minimum absolute atomic E-state index is 0.0183. The maximum atomic E-state index is 14.7. The van der Waals surface area contributed by atoms with Crippen molar-refractivity contribution in [2.24, 2.45) is 23.7 Å². The molecule has 1 aliphatic carbocycles. The van der Waals surface area contributed by atoms with Crippen LogP contribution in [0.1, 0.15) is 70.3 Å². The van der Waals surface area contributed by atoms with Gasteiger partial charge in [0.15, 0.2) is 0 Å². The van der Waals surface area contributed by atoms with Crippen molar-refractivity contribution in [1.29, 1.82) is 0 Å². The number of aliphatic hydroxyl groups excluding tert-OH is 2. The Hall–Kier alpha value is -4.82. The molecule has 5 aliphatic heterocycles. The van der Waals surface area contributed by atoms with Crippen LogP contribution in [0.5, 0.6) is 11.5 Å². The Labute approximate surface area is 336 Å². The Morgan fingerprint density at radius 3 is 2.47 bits per heavy atom. The summed E-state index contributed by atoms with van der Waals surface area (Å²) in [7, 11) is 0. The van der Waals surface area contributed by atoms with Crippen LogP contribution in [0.2, 0.25) is 0 Å². The van der Waals surface area contributed by atoms with E-state index in [4.69, 9.17) is 14.5 Å². The van der Waals surface area contributed by atoms with Crippen molar-refractivity contribution in [3.63, 3.8) is 0 Å². The maximum Gasteiger partial charge on any atom is 0.312 e. The van der Waals surface area contributed by atoms with Gasteiger partial charge in [-0.3, -0.25) is 14.4 Å². The topological polar surface area (TPSA) is 171 Å². The quantitative estimate of drug-likeness (QED) is 0.103. The van der Waals surface area contributed by atoms with Crippen molar-refractivity contribution in [2.45, 2.75) is 79.3 Å². The highest BCUT2D eigenvalue weighted by molar-refractivity contribution is 7.22. The number of amides is 1. The van der Waals surface area contributed by atoms with Gasteiger partial charge in [0.2, 0.25) is 5.43 Å². The number of ketones is 1. The van der Waals surface area contributed by atoms with Crippen LogP contribution >= 0.6 is 11.3 Å². The summed E-state index contributed by atoms with van der Waals surface area (Å²) in [5, 5.41) is 40.2. The number of piperazine rings is 1. The number of allylic oxidation sites excluding steroid dienone is 3. The van der Waals surface area contributed by atoms with Crippen molar-refractivity contribution >= 4 is 55.4 Å². The molecular formula is C44H52N4O8S. The van der Waals surface area contributed by atoms with Gasteiger partial charge in [-0.15, -0.1) is 11.3 Å². The molecule has 5 N–H and O–H groups in total. The Morgan fingerprint density at radius 1 is 1.00 bits per heavy atom. The molecule has 302 valence electrons. The SMILES string of the molecule is C/C1=C/C=C/[C@H](C)C[C@@H](C)C[C@@H](C)[C@H](O)[C@H](C)[C@@H](O)/C=C/O[C@@]2(C)Oc3c(C)c(O)c4c(=O)c(c5sc6cc(N7CCNCC7)ccc6nc-5c4c3C2=O)NC1=O. The molecule has 13 heteroatoms. The third-order valence-electron chi connectivity index (χ3n) is 11.8. The fourth-order valence-electron chi connectivity index (χ4n) is 8.40. The number of hydrogen-bond donors (Lipinski definition) is 5. The molecule has 0 radical (unpaired) electrons. The third kappa shape index (κ3) is 7.53. The second kappa shape index (κ2) is 15.8. The first-order valence-corrected chi connectivity index (χ1v) is 20.6. The molecule has 1 amide bonds. The lowest BCUT2D eigenvalue weighted by molar-refractivity contribution is -0.112. The number of hydrogen-bond acceptors (Lipinski definition) is 12. The number of benzene rings is 3. The van der Waals surface area contributed by atoms with Crippen molar-refractivity contribution in [3.05, 3.63) is 75.7 Å². The number of anilines is 2. The van der Waals surface area contributed by atoms with Crippen molar-refractivity contribution in [3.8, 4) is 22.1 Å². The van der Waals surface area contributed by atoms with E-state index in [0.29, 0.717) is 16.0 Å². The Morgan fingerprint density at radius 2 is 1.74 bits per heavy atom. The smallest absolute Gasteiger partial charge is 0.312 e. The van der Waals surface area contributed by atoms with Crippen LogP contribution in [-0.2, 0) is 9.53 Å². The van der Waals surface area contributed by atoms with Gasteiger partial charge in [-0.25, -0.2) is 4.98 Å². The van der Waals surface area contributed by atoms with Crippen LogP contribution in [-0.4, -0.2) is 76.2 Å². The number of aromatic nitrogens is 1. The number of Topliss-reactive ketones (excluding diaryl/α,β-unsaturated/α-hetero) is 1. The third-order valence-corrected chi connectivity index (χ3v) is 12.9. The van der Waals surface area contributed by atoms with Crippen LogP contribution in [0.3, 0.4) is 0 Å². The summed E-state index contributed by atoms with van der Waals surface area (Å²) < 4.78 is 12.9. The first kappa shape index (κ1) is 40.4. The van der Waals surface area contributed by atoms with Crippen LogP contribution in [0.15, 0.2) is 59.1 Å². The van der Waals surface area contributed by atoms with E-state index in [-0.39, 0.29) is 56.8 Å². The van der Waals surface area contributed by atoms with Crippen molar-refractivity contribution in [1.82, 2.24) is 10.3 Å². The summed E-state index contributed by atoms with van der Waals surface area (Å²) in [6.07, 6.45) is 7.80. The average molecular weight is 797 g/mol. The van der Waals surface area contributed by atoms with Crippen LogP contribution in [0.4, 0.5) is 11.4 Å². The second-order valence-electron chi connectivity index (χ2n) is 16.3. The highest BCUT2D eigenvalue weighted by Crippen LogP contribution is 2.51. The number of rotatable bonds is 1. The van der Waals surface area contributed by atoms with E-state index >= 15 is 0 Å². The van der Waals surface area contributed by atoms with Crippen LogP contribution < -0.4 is 25.7 Å². The monoisotopic (exact) mass is 796 g/mol. The van der Waals surface area contributed by atoms with Crippen molar-refractivity contribution < 1.29 is 34.4 Å². The second-order valence-corrected chi connectivity index (χ2v) is 17.3. The minimum Gasteiger partial charge on any atom is -0.507 e. The summed E-state index contributed by atoms with van der Waals surface area (Å²) in [5.74, 6) is -3.64. The van der Waals surface area contributed by atoms with Gasteiger partial charge in [0.25, 0.3) is 11.7 Å². The fraction of sp³-hybridized carbons (Fsp3) is 0.455. The molecule has 2 aromatic rings. The molecule has 5 bridgehead atoms. The normalized spacial score (nSPS) is 29.9. The summed E-state index contributed by atoms with van der Waals surface area (Å²) >= 11 is 1.27. The lowest BCUT2D eigenvalue weighted by atomic mass is 9.82. The van der Waals surface area contributed by atoms with E-state index in [2.05, 4.69) is 29.4 Å². The van der Waals surface area contributed by atoms with Gasteiger partial charge in [-0.05, 0) is 68.7 Å². The molecule has 57 heavy (non-hydrogen) atoms. The van der Waals surface area contributed by atoms with E-state index in [0.717, 1.165) is 49.4 Å². The lowest BCUT2D eigenvalue weighted by Crippen LogP contribution is -2.43. The molecule has 8 rings (SSSR count). The summed E-state index contributed by atoms with van der Waals surface area (Å²) in [5.41, 5.74) is 1.63. The predicted octanol–water partition coefficient (Wildman–Crippen LogP) is 6.66. The Balaban J connectivity index is 1.43. The highest BCUT2D eigenvalue weighted by Gasteiger charge is 2.50. The number of aliphatic hydroxyl groups is 2. The molecule has 1 saturated heterocycles. The predicted molar refractivity (Wildman–Crippen MR) is 225 cm³/mol. The Bertz CT molecular complexity index is 2360. The number of ether oxygens (including phenoxy) is 2. The number of phenolic OH excluding ortho intramolecular Hbond substituents is 1. The van der Waals surface area contributed by atoms with E-state index in [1.165, 1.54) is 30.6 Å². The van der Waals surface area contributed by atoms with Gasteiger partial charge in [0, 0.05) is 61.2 Å². The van der Waals surface area contributed by atoms with Crippen LogP contribution in [0, 0.1) is 30.6 Å². The molecule has 0 spiro atoms. The van der Waals surface area contributed by atoms with E-state index < -0.39 is 46.8 Å². The molecule has 7 atom stereocenters. The van der Waals surface area contributed by atoms with E-state index in [1.807, 2.05) is 37.3 Å². The molecule has 0 saturated carbocycles.